The minimum absolute atomic E-state index is 0.628. The van der Waals surface area contributed by atoms with Gasteiger partial charge in [0.25, 0.3) is 0 Å². The van der Waals surface area contributed by atoms with Crippen LogP contribution in [0.1, 0.15) is 10.4 Å². The molecule has 3 nitrogen and oxygen atoms in total. The van der Waals surface area contributed by atoms with Crippen LogP contribution in [0.4, 0.5) is 10.8 Å². The molecule has 0 bridgehead atoms. The van der Waals surface area contributed by atoms with Gasteiger partial charge < -0.3 is 11.1 Å². The average molecular weight is 271 g/mol. The maximum Gasteiger partial charge on any atom is 0.153 e. The second-order valence-electron chi connectivity index (χ2n) is 3.31. The molecule has 2 aromatic heterocycles. The molecule has 2 rings (SSSR count). The van der Waals surface area contributed by atoms with Crippen LogP contribution >= 0.6 is 34.6 Å². The average Bonchev–Trinajstić information content (AvgIpc) is 2.82. The first-order chi connectivity index (χ1) is 7.72. The Balaban J connectivity index is 2.07. The van der Waals surface area contributed by atoms with Crippen molar-refractivity contribution in [3.8, 4) is 0 Å². The smallest absolute Gasteiger partial charge is 0.153 e. The van der Waals surface area contributed by atoms with E-state index >= 15 is 0 Å². The van der Waals surface area contributed by atoms with Crippen LogP contribution in [0.2, 0.25) is 0 Å². The number of rotatable bonds is 4. The van der Waals surface area contributed by atoms with E-state index in [0.717, 1.165) is 16.4 Å². The third-order valence-electron chi connectivity index (χ3n) is 2.26. The van der Waals surface area contributed by atoms with Gasteiger partial charge >= 0.3 is 0 Å². The van der Waals surface area contributed by atoms with Gasteiger partial charge in [-0.1, -0.05) is 0 Å². The molecule has 0 amide bonds. The topological polar surface area (TPSA) is 50.9 Å². The predicted octanol–water partition coefficient (Wildman–Crippen LogP) is 3.43. The zero-order chi connectivity index (χ0) is 11.5. The summed E-state index contributed by atoms with van der Waals surface area (Å²) < 4.78 is 4.15. The molecular formula is C10H13N3S3. The monoisotopic (exact) mass is 271 g/mol. The lowest BCUT2D eigenvalue weighted by atomic mass is 10.3. The molecule has 0 saturated heterocycles. The van der Waals surface area contributed by atoms with Crippen LogP contribution in [0.15, 0.2) is 16.3 Å². The molecule has 0 aliphatic carbocycles. The van der Waals surface area contributed by atoms with Crippen LogP contribution in [-0.4, -0.2) is 10.6 Å². The van der Waals surface area contributed by atoms with E-state index in [9.17, 15) is 0 Å². The molecule has 0 aliphatic rings. The normalized spacial score (nSPS) is 10.6. The van der Waals surface area contributed by atoms with Gasteiger partial charge in [0.2, 0.25) is 0 Å². The molecule has 0 radical (unpaired) electrons. The van der Waals surface area contributed by atoms with E-state index in [1.54, 1.807) is 23.1 Å². The third-order valence-corrected chi connectivity index (χ3v) is 5.05. The highest BCUT2D eigenvalue weighted by Gasteiger charge is 2.10. The lowest BCUT2D eigenvalue weighted by Crippen LogP contribution is -1.98. The third kappa shape index (κ3) is 2.34. The minimum atomic E-state index is 0.628. The van der Waals surface area contributed by atoms with Crippen molar-refractivity contribution >= 4 is 45.5 Å². The highest BCUT2D eigenvalue weighted by atomic mass is 32.2. The molecule has 0 spiro atoms. The van der Waals surface area contributed by atoms with Crippen LogP contribution in [0, 0.1) is 6.92 Å². The van der Waals surface area contributed by atoms with Crippen molar-refractivity contribution in [1.29, 1.82) is 0 Å². The zero-order valence-electron chi connectivity index (χ0n) is 9.11. The van der Waals surface area contributed by atoms with Crippen LogP contribution in [0.5, 0.6) is 0 Å². The second-order valence-corrected chi connectivity index (χ2v) is 5.90. The Morgan fingerprint density at radius 1 is 1.56 bits per heavy atom. The Labute approximate surface area is 107 Å². The largest absolute Gasteiger partial charge is 0.382 e. The Hall–Kier alpha value is -0.720. The number of nitrogens with two attached hydrogens (primary N) is 1. The summed E-state index contributed by atoms with van der Waals surface area (Å²) in [5.41, 5.74) is 7.11. The van der Waals surface area contributed by atoms with Gasteiger partial charge in [-0.25, -0.2) is 0 Å². The highest BCUT2D eigenvalue weighted by Crippen LogP contribution is 2.35. The molecule has 0 unspecified atom stereocenters. The number of nitrogen functional groups attached to an aromatic ring is 1. The number of hydrogen-bond acceptors (Lipinski definition) is 6. The Morgan fingerprint density at radius 2 is 2.38 bits per heavy atom. The maximum absolute atomic E-state index is 5.77. The fraction of sp³-hybridized carbons (Fsp3) is 0.300. The van der Waals surface area contributed by atoms with Crippen molar-refractivity contribution in [2.24, 2.45) is 0 Å². The molecular weight excluding hydrogens is 258 g/mol. The summed E-state index contributed by atoms with van der Waals surface area (Å²) in [6.07, 6.45) is 2.02. The molecule has 0 fully saturated rings. The molecule has 6 heteroatoms. The molecule has 0 atom stereocenters. The molecule has 0 saturated carbocycles. The number of aromatic nitrogens is 1. The summed E-state index contributed by atoms with van der Waals surface area (Å²) in [5, 5.41) is 6.58. The number of hydrogen-bond donors (Lipinski definition) is 2. The first-order valence-electron chi connectivity index (χ1n) is 4.78. The summed E-state index contributed by atoms with van der Waals surface area (Å²) in [4.78, 5) is 2.42. The van der Waals surface area contributed by atoms with E-state index < -0.39 is 0 Å². The van der Waals surface area contributed by atoms with E-state index in [-0.39, 0.29) is 0 Å². The molecule has 0 aliphatic heterocycles. The lowest BCUT2D eigenvalue weighted by molar-refractivity contribution is 1.17. The fourth-order valence-electron chi connectivity index (χ4n) is 1.35. The summed E-state index contributed by atoms with van der Waals surface area (Å²) in [7, 11) is 0. The highest BCUT2D eigenvalue weighted by molar-refractivity contribution is 7.99. The van der Waals surface area contributed by atoms with Crippen molar-refractivity contribution in [2.75, 3.05) is 17.3 Å². The molecule has 86 valence electrons. The summed E-state index contributed by atoms with van der Waals surface area (Å²) in [6.45, 7) is 2.97. The van der Waals surface area contributed by atoms with Crippen molar-refractivity contribution in [3.05, 3.63) is 21.9 Å². The molecule has 3 N–H and O–H groups in total. The standard InChI is InChI=1S/C10H13N3S3/c1-6-3-4-15-7(6)5-12-10-8(14-2)9(11)13-16-10/h3-4,12H,5H2,1-2H3,(H2,11,13). The number of anilines is 2. The predicted molar refractivity (Wildman–Crippen MR) is 74.7 cm³/mol. The lowest BCUT2D eigenvalue weighted by Gasteiger charge is -2.04. The maximum atomic E-state index is 5.77. The number of aryl methyl sites for hydroxylation is 1. The van der Waals surface area contributed by atoms with Crippen LogP contribution in [0.3, 0.4) is 0 Å². The van der Waals surface area contributed by atoms with Gasteiger partial charge in [0.15, 0.2) is 5.82 Å². The van der Waals surface area contributed by atoms with Crippen molar-refractivity contribution < 1.29 is 0 Å². The van der Waals surface area contributed by atoms with E-state index in [1.807, 2.05) is 6.26 Å². The fourth-order valence-corrected chi connectivity index (χ4v) is 3.73. The van der Waals surface area contributed by atoms with Crippen LogP contribution in [-0.2, 0) is 6.54 Å². The van der Waals surface area contributed by atoms with Gasteiger partial charge in [0.1, 0.15) is 5.00 Å². The number of nitrogens with one attached hydrogen (secondary N) is 1. The first-order valence-corrected chi connectivity index (χ1v) is 7.66. The number of nitrogens with zero attached hydrogens (tertiary/aromatic N) is 1. The van der Waals surface area contributed by atoms with Gasteiger partial charge in [-0.15, -0.1) is 23.1 Å². The Kier molecular flexibility index (Phi) is 3.73. The van der Waals surface area contributed by atoms with Gasteiger partial charge in [-0.3, -0.25) is 0 Å². The minimum Gasteiger partial charge on any atom is -0.382 e. The Morgan fingerprint density at radius 3 is 3.00 bits per heavy atom. The number of thiophene rings is 1. The summed E-state index contributed by atoms with van der Waals surface area (Å²) in [5.74, 6) is 0.628. The molecule has 0 aromatic carbocycles. The van der Waals surface area contributed by atoms with Crippen LogP contribution < -0.4 is 11.1 Å². The van der Waals surface area contributed by atoms with E-state index in [4.69, 9.17) is 5.73 Å². The van der Waals surface area contributed by atoms with Gasteiger partial charge in [-0.05, 0) is 41.7 Å². The molecule has 2 aromatic rings. The number of thioether (sulfide) groups is 1. The summed E-state index contributed by atoms with van der Waals surface area (Å²) in [6, 6.07) is 2.14. The first kappa shape index (κ1) is 11.8. The van der Waals surface area contributed by atoms with Crippen molar-refractivity contribution in [1.82, 2.24) is 4.37 Å². The van der Waals surface area contributed by atoms with E-state index in [2.05, 4.69) is 28.1 Å². The second kappa shape index (κ2) is 5.07. The van der Waals surface area contributed by atoms with Crippen molar-refractivity contribution in [3.63, 3.8) is 0 Å². The van der Waals surface area contributed by atoms with Crippen LogP contribution in [0.25, 0.3) is 0 Å². The molecule has 16 heavy (non-hydrogen) atoms. The molecule has 2 heterocycles. The van der Waals surface area contributed by atoms with Gasteiger partial charge in [-0.2, -0.15) is 4.37 Å². The Bertz CT molecular complexity index is 475. The zero-order valence-corrected chi connectivity index (χ0v) is 11.6. The quantitative estimate of drug-likeness (QED) is 0.837. The van der Waals surface area contributed by atoms with Gasteiger partial charge in [0, 0.05) is 4.88 Å². The summed E-state index contributed by atoms with van der Waals surface area (Å²) >= 11 is 4.83. The van der Waals surface area contributed by atoms with Crippen molar-refractivity contribution in [2.45, 2.75) is 18.4 Å². The SMILES string of the molecule is CSc1c(N)nsc1NCc1sccc1C. The van der Waals surface area contributed by atoms with Gasteiger partial charge in [0.05, 0.1) is 11.4 Å². The van der Waals surface area contributed by atoms with E-state index in [0.29, 0.717) is 5.82 Å². The van der Waals surface area contributed by atoms with E-state index in [1.165, 1.54) is 22.0 Å².